The number of urea groups is 1. The van der Waals surface area contributed by atoms with Crippen molar-refractivity contribution in [1.82, 2.24) is 15.1 Å². The van der Waals surface area contributed by atoms with Crippen molar-refractivity contribution in [1.29, 1.82) is 0 Å². The van der Waals surface area contributed by atoms with Crippen molar-refractivity contribution in [3.05, 3.63) is 29.3 Å². The van der Waals surface area contributed by atoms with E-state index in [4.69, 9.17) is 0 Å². The zero-order valence-electron chi connectivity index (χ0n) is 13.8. The number of hydrogen-bond donors (Lipinski definition) is 1. The van der Waals surface area contributed by atoms with Crippen LogP contribution in [-0.2, 0) is 4.79 Å². The van der Waals surface area contributed by atoms with Gasteiger partial charge in [0.25, 0.3) is 0 Å². The van der Waals surface area contributed by atoms with Gasteiger partial charge in [-0.2, -0.15) is 0 Å². The molecule has 2 saturated heterocycles. The second kappa shape index (κ2) is 6.58. The molecule has 124 valence electrons. The predicted molar refractivity (Wildman–Crippen MR) is 89.7 cm³/mol. The molecule has 0 radical (unpaired) electrons. The third-order valence-electron chi connectivity index (χ3n) is 4.81. The number of rotatable bonds is 3. The van der Waals surface area contributed by atoms with Gasteiger partial charge in [0.2, 0.25) is 5.91 Å². The number of imide groups is 1. The smallest absolute Gasteiger partial charge is 0.324 e. The number of benzene rings is 1. The van der Waals surface area contributed by atoms with Crippen molar-refractivity contribution in [2.24, 2.45) is 0 Å². The summed E-state index contributed by atoms with van der Waals surface area (Å²) < 4.78 is 0. The number of anilines is 1. The first-order valence-corrected chi connectivity index (χ1v) is 8.18. The summed E-state index contributed by atoms with van der Waals surface area (Å²) in [4.78, 5) is 29.5. The molecule has 2 fully saturated rings. The lowest BCUT2D eigenvalue weighted by atomic mass is 10.1. The summed E-state index contributed by atoms with van der Waals surface area (Å²) in [6.07, 6.45) is 0. The van der Waals surface area contributed by atoms with Crippen LogP contribution in [0.1, 0.15) is 11.1 Å². The largest absolute Gasteiger partial charge is 0.369 e. The monoisotopic (exact) mass is 316 g/mol. The maximum Gasteiger partial charge on any atom is 0.324 e. The number of aryl methyl sites for hydroxylation is 1. The first-order chi connectivity index (χ1) is 11.1. The van der Waals surface area contributed by atoms with E-state index < -0.39 is 0 Å². The second-order valence-electron chi connectivity index (χ2n) is 6.26. The maximum atomic E-state index is 12.2. The van der Waals surface area contributed by atoms with Crippen LogP contribution in [-0.4, -0.2) is 67.6 Å². The lowest BCUT2D eigenvalue weighted by Gasteiger charge is -2.37. The van der Waals surface area contributed by atoms with Gasteiger partial charge in [0.05, 0.1) is 6.54 Å². The molecule has 2 aliphatic heterocycles. The zero-order valence-corrected chi connectivity index (χ0v) is 13.8. The Labute approximate surface area is 137 Å². The van der Waals surface area contributed by atoms with E-state index in [1.165, 1.54) is 21.7 Å². The summed E-state index contributed by atoms with van der Waals surface area (Å²) in [5.74, 6) is -0.0970. The maximum absolute atomic E-state index is 12.2. The third-order valence-corrected chi connectivity index (χ3v) is 4.81. The lowest BCUT2D eigenvalue weighted by molar-refractivity contribution is -0.128. The van der Waals surface area contributed by atoms with E-state index in [2.05, 4.69) is 47.2 Å². The minimum absolute atomic E-state index is 0.0970. The summed E-state index contributed by atoms with van der Waals surface area (Å²) in [6.45, 7) is 9.16. The molecule has 3 amide bonds. The number of amides is 3. The van der Waals surface area contributed by atoms with Gasteiger partial charge in [-0.15, -0.1) is 0 Å². The Morgan fingerprint density at radius 3 is 2.52 bits per heavy atom. The van der Waals surface area contributed by atoms with Crippen molar-refractivity contribution in [3.8, 4) is 0 Å². The fourth-order valence-electron chi connectivity index (χ4n) is 3.21. The van der Waals surface area contributed by atoms with Crippen LogP contribution in [0.15, 0.2) is 18.2 Å². The Morgan fingerprint density at radius 2 is 1.87 bits per heavy atom. The van der Waals surface area contributed by atoms with Crippen LogP contribution in [0.4, 0.5) is 10.5 Å². The highest BCUT2D eigenvalue weighted by atomic mass is 16.2. The molecule has 2 aliphatic rings. The molecule has 1 N–H and O–H groups in total. The average molecular weight is 316 g/mol. The molecule has 23 heavy (non-hydrogen) atoms. The quantitative estimate of drug-likeness (QED) is 0.903. The summed E-state index contributed by atoms with van der Waals surface area (Å²) >= 11 is 0. The molecular formula is C17H24N4O2. The number of nitrogens with zero attached hydrogens (tertiary/aromatic N) is 3. The second-order valence-corrected chi connectivity index (χ2v) is 6.26. The van der Waals surface area contributed by atoms with Gasteiger partial charge in [0.1, 0.15) is 0 Å². The summed E-state index contributed by atoms with van der Waals surface area (Å²) in [6, 6.07) is 6.13. The molecule has 0 aliphatic carbocycles. The van der Waals surface area contributed by atoms with E-state index in [-0.39, 0.29) is 11.9 Å². The summed E-state index contributed by atoms with van der Waals surface area (Å²) in [7, 11) is 0. The zero-order chi connectivity index (χ0) is 16.4. The van der Waals surface area contributed by atoms with Crippen molar-refractivity contribution in [2.45, 2.75) is 13.8 Å². The van der Waals surface area contributed by atoms with Gasteiger partial charge in [-0.25, -0.2) is 4.79 Å². The standard InChI is InChI=1S/C17H24N4O2/c1-13-4-3-5-15(14(13)2)20-10-8-19(9-11-20)12-16(22)21-7-6-18-17(21)23/h3-5H,6-12H2,1-2H3,(H,18,23). The molecule has 0 bridgehead atoms. The Bertz CT molecular complexity index is 609. The highest BCUT2D eigenvalue weighted by Gasteiger charge is 2.28. The molecule has 6 nitrogen and oxygen atoms in total. The minimum atomic E-state index is -0.260. The van der Waals surface area contributed by atoms with Crippen LogP contribution in [0.3, 0.4) is 0 Å². The van der Waals surface area contributed by atoms with Gasteiger partial charge in [-0.05, 0) is 31.0 Å². The molecule has 2 heterocycles. The van der Waals surface area contributed by atoms with Crippen LogP contribution in [0.2, 0.25) is 0 Å². The lowest BCUT2D eigenvalue weighted by Crippen LogP contribution is -2.50. The van der Waals surface area contributed by atoms with Gasteiger partial charge in [0.15, 0.2) is 0 Å². The fraction of sp³-hybridized carbons (Fsp3) is 0.529. The molecule has 1 aromatic rings. The number of piperazine rings is 1. The van der Waals surface area contributed by atoms with E-state index >= 15 is 0 Å². The van der Waals surface area contributed by atoms with Gasteiger partial charge < -0.3 is 10.2 Å². The minimum Gasteiger partial charge on any atom is -0.369 e. The van der Waals surface area contributed by atoms with Crippen molar-refractivity contribution in [3.63, 3.8) is 0 Å². The average Bonchev–Trinajstić information content (AvgIpc) is 2.97. The van der Waals surface area contributed by atoms with E-state index in [9.17, 15) is 9.59 Å². The van der Waals surface area contributed by atoms with E-state index in [1.807, 2.05) is 0 Å². The predicted octanol–water partition coefficient (Wildman–Crippen LogP) is 0.977. The van der Waals surface area contributed by atoms with Gasteiger partial charge in [0, 0.05) is 45.0 Å². The summed E-state index contributed by atoms with van der Waals surface area (Å²) in [5.41, 5.74) is 3.92. The van der Waals surface area contributed by atoms with E-state index in [0.29, 0.717) is 19.6 Å². The number of carbonyl (C=O) groups is 2. The molecule has 6 heteroatoms. The molecule has 0 saturated carbocycles. The normalized spacial score (nSPS) is 19.1. The molecule has 0 unspecified atom stereocenters. The fourth-order valence-corrected chi connectivity index (χ4v) is 3.21. The highest BCUT2D eigenvalue weighted by molar-refractivity contribution is 5.96. The molecule has 0 aromatic heterocycles. The third kappa shape index (κ3) is 3.32. The van der Waals surface area contributed by atoms with E-state index in [1.54, 1.807) is 0 Å². The highest BCUT2D eigenvalue weighted by Crippen LogP contribution is 2.23. The molecule has 0 spiro atoms. The van der Waals surface area contributed by atoms with Gasteiger partial charge in [-0.1, -0.05) is 12.1 Å². The van der Waals surface area contributed by atoms with E-state index in [0.717, 1.165) is 26.2 Å². The van der Waals surface area contributed by atoms with Gasteiger partial charge >= 0.3 is 6.03 Å². The molecule has 0 atom stereocenters. The Kier molecular flexibility index (Phi) is 4.52. The molecule has 1 aromatic carbocycles. The van der Waals surface area contributed by atoms with Crippen LogP contribution < -0.4 is 10.2 Å². The topological polar surface area (TPSA) is 55.9 Å². The SMILES string of the molecule is Cc1cccc(N2CCN(CC(=O)N3CCNC3=O)CC2)c1C. The van der Waals surface area contributed by atoms with Crippen LogP contribution >= 0.6 is 0 Å². The molecule has 3 rings (SSSR count). The van der Waals surface area contributed by atoms with Gasteiger partial charge in [-0.3, -0.25) is 14.6 Å². The molecular weight excluding hydrogens is 292 g/mol. The Morgan fingerprint density at radius 1 is 1.13 bits per heavy atom. The van der Waals surface area contributed by atoms with Crippen molar-refractivity contribution in [2.75, 3.05) is 50.7 Å². The number of hydrogen-bond acceptors (Lipinski definition) is 4. The first kappa shape index (κ1) is 15.8. The number of nitrogens with one attached hydrogen (secondary N) is 1. The first-order valence-electron chi connectivity index (χ1n) is 8.18. The Hall–Kier alpha value is -2.08. The van der Waals surface area contributed by atoms with Crippen molar-refractivity contribution >= 4 is 17.6 Å². The summed E-state index contributed by atoms with van der Waals surface area (Å²) in [5, 5.41) is 2.67. The van der Waals surface area contributed by atoms with Crippen LogP contribution in [0.5, 0.6) is 0 Å². The Balaban J connectivity index is 1.55. The van der Waals surface area contributed by atoms with Crippen LogP contribution in [0, 0.1) is 13.8 Å². The van der Waals surface area contributed by atoms with Crippen LogP contribution in [0.25, 0.3) is 0 Å². The van der Waals surface area contributed by atoms with Crippen molar-refractivity contribution < 1.29 is 9.59 Å². The number of carbonyl (C=O) groups excluding carboxylic acids is 2.